The zero-order valence-electron chi connectivity index (χ0n) is 13.3. The van der Waals surface area contributed by atoms with Crippen LogP contribution in [0.1, 0.15) is 24.0 Å². The van der Waals surface area contributed by atoms with Crippen molar-refractivity contribution in [2.24, 2.45) is 0 Å². The van der Waals surface area contributed by atoms with Crippen molar-refractivity contribution in [2.75, 3.05) is 13.1 Å². The number of nitrogens with zero attached hydrogens (tertiary/aromatic N) is 2. The van der Waals surface area contributed by atoms with Crippen LogP contribution in [0.25, 0.3) is 0 Å². The minimum atomic E-state index is -0.572. The number of rotatable bonds is 4. The summed E-state index contributed by atoms with van der Waals surface area (Å²) in [6.07, 6.45) is 5.14. The Morgan fingerprint density at radius 3 is 2.70 bits per heavy atom. The Balaban J connectivity index is 0.00000192. The summed E-state index contributed by atoms with van der Waals surface area (Å²) in [7, 11) is 0. The van der Waals surface area contributed by atoms with Gasteiger partial charge in [-0.05, 0) is 50.0 Å². The number of aromatic nitrogens is 2. The van der Waals surface area contributed by atoms with E-state index in [1.807, 2.05) is 29.1 Å². The van der Waals surface area contributed by atoms with E-state index in [4.69, 9.17) is 0 Å². The van der Waals surface area contributed by atoms with Crippen LogP contribution in [0.4, 0.5) is 0 Å². The lowest BCUT2D eigenvalue weighted by Gasteiger charge is -2.36. The van der Waals surface area contributed by atoms with Crippen LogP contribution in [-0.4, -0.2) is 28.8 Å². The normalized spacial score (nSPS) is 16.4. The maximum atomic E-state index is 12.9. The average Bonchev–Trinajstić information content (AvgIpc) is 3.09. The zero-order valence-corrected chi connectivity index (χ0v) is 14.1. The summed E-state index contributed by atoms with van der Waals surface area (Å²) in [5.41, 5.74) is 1.78. The second kappa shape index (κ2) is 7.62. The number of amides is 1. The van der Waals surface area contributed by atoms with E-state index in [1.165, 1.54) is 5.56 Å². The molecule has 2 heterocycles. The first-order chi connectivity index (χ1) is 10.7. The Labute approximate surface area is 142 Å². The van der Waals surface area contributed by atoms with Crippen LogP contribution in [0.5, 0.6) is 0 Å². The molecule has 1 fully saturated rings. The summed E-state index contributed by atoms with van der Waals surface area (Å²) >= 11 is 0. The lowest BCUT2D eigenvalue weighted by atomic mass is 9.87. The Morgan fingerprint density at radius 1 is 1.30 bits per heavy atom. The van der Waals surface area contributed by atoms with Crippen molar-refractivity contribution in [1.29, 1.82) is 0 Å². The van der Waals surface area contributed by atoms with E-state index in [2.05, 4.69) is 34.8 Å². The van der Waals surface area contributed by atoms with E-state index in [1.54, 1.807) is 6.20 Å². The van der Waals surface area contributed by atoms with Gasteiger partial charge in [0.1, 0.15) is 5.54 Å². The summed E-state index contributed by atoms with van der Waals surface area (Å²) in [6.45, 7) is 4.28. The molecule has 0 spiro atoms. The molecule has 2 N–H and O–H groups in total. The molecule has 1 aliphatic heterocycles. The number of hydrogen-bond donors (Lipinski definition) is 2. The molecular formula is C17H23ClN4O. The van der Waals surface area contributed by atoms with Crippen LogP contribution in [0.2, 0.25) is 0 Å². The molecule has 124 valence electrons. The quantitative estimate of drug-likeness (QED) is 0.899. The van der Waals surface area contributed by atoms with E-state index in [0.717, 1.165) is 31.5 Å². The molecule has 3 rings (SSSR count). The number of hydrogen-bond acceptors (Lipinski definition) is 3. The topological polar surface area (TPSA) is 59.0 Å². The highest BCUT2D eigenvalue weighted by Gasteiger charge is 2.41. The van der Waals surface area contributed by atoms with Crippen LogP contribution in [0, 0.1) is 6.92 Å². The number of halogens is 1. The first kappa shape index (κ1) is 17.5. The molecule has 0 saturated carbocycles. The van der Waals surface area contributed by atoms with Gasteiger partial charge in [-0.2, -0.15) is 5.10 Å². The lowest BCUT2D eigenvalue weighted by Crippen LogP contribution is -2.54. The fourth-order valence-corrected chi connectivity index (χ4v) is 3.07. The van der Waals surface area contributed by atoms with Gasteiger partial charge in [0.05, 0.1) is 0 Å². The highest BCUT2D eigenvalue weighted by molar-refractivity contribution is 5.85. The van der Waals surface area contributed by atoms with Crippen LogP contribution in [0.15, 0.2) is 42.7 Å². The van der Waals surface area contributed by atoms with Crippen LogP contribution >= 0.6 is 12.4 Å². The maximum absolute atomic E-state index is 12.9. The monoisotopic (exact) mass is 334 g/mol. The molecule has 1 amide bonds. The number of carbonyl (C=O) groups is 1. The van der Waals surface area contributed by atoms with E-state index < -0.39 is 5.54 Å². The largest absolute Gasteiger partial charge is 0.350 e. The third kappa shape index (κ3) is 3.57. The number of benzene rings is 1. The van der Waals surface area contributed by atoms with E-state index in [9.17, 15) is 4.79 Å². The summed E-state index contributed by atoms with van der Waals surface area (Å²) in [6, 6.07) is 10.0. The molecule has 1 aliphatic rings. The molecule has 1 aromatic heterocycles. The molecule has 6 heteroatoms. The van der Waals surface area contributed by atoms with Gasteiger partial charge in [-0.25, -0.2) is 0 Å². The summed E-state index contributed by atoms with van der Waals surface area (Å²) in [4.78, 5) is 12.9. The van der Waals surface area contributed by atoms with Gasteiger partial charge in [-0.15, -0.1) is 12.4 Å². The van der Waals surface area contributed by atoms with Gasteiger partial charge in [-0.1, -0.05) is 24.3 Å². The molecular weight excluding hydrogens is 312 g/mol. The van der Waals surface area contributed by atoms with Crippen molar-refractivity contribution in [1.82, 2.24) is 20.4 Å². The third-order valence-corrected chi connectivity index (χ3v) is 4.50. The van der Waals surface area contributed by atoms with Gasteiger partial charge < -0.3 is 10.6 Å². The molecule has 0 atom stereocenters. The smallest absolute Gasteiger partial charge is 0.248 e. The van der Waals surface area contributed by atoms with E-state index in [0.29, 0.717) is 6.54 Å². The van der Waals surface area contributed by atoms with Crippen molar-refractivity contribution in [3.63, 3.8) is 0 Å². The predicted molar refractivity (Wildman–Crippen MR) is 92.6 cm³/mol. The first-order valence-corrected chi connectivity index (χ1v) is 7.76. The Hall–Kier alpha value is -1.85. The fraction of sp³-hybridized carbons (Fsp3) is 0.412. The molecule has 23 heavy (non-hydrogen) atoms. The molecule has 1 aromatic carbocycles. The van der Waals surface area contributed by atoms with E-state index >= 15 is 0 Å². The number of nitrogens with one attached hydrogen (secondary N) is 2. The predicted octanol–water partition coefficient (Wildman–Crippen LogP) is 2.01. The Kier molecular flexibility index (Phi) is 5.80. The van der Waals surface area contributed by atoms with Crippen LogP contribution in [0.3, 0.4) is 0 Å². The zero-order chi connectivity index (χ0) is 15.4. The van der Waals surface area contributed by atoms with Crippen molar-refractivity contribution < 1.29 is 4.79 Å². The Morgan fingerprint density at radius 2 is 2.04 bits per heavy atom. The standard InChI is InChI=1S/C17H22N4O.ClH/c1-14-5-2-3-6-15(14)13-19-16(22)17(7-10-18-11-8-17)21-12-4-9-20-21;/h2-6,9,12,18H,7-8,10-11,13H2,1H3,(H,19,22);1H. The van der Waals surface area contributed by atoms with Crippen molar-refractivity contribution >= 4 is 18.3 Å². The van der Waals surface area contributed by atoms with Crippen LogP contribution in [-0.2, 0) is 16.9 Å². The maximum Gasteiger partial charge on any atom is 0.248 e. The number of aryl methyl sites for hydroxylation is 1. The van der Waals surface area contributed by atoms with Crippen molar-refractivity contribution in [2.45, 2.75) is 31.8 Å². The molecule has 0 unspecified atom stereocenters. The second-order valence-corrected chi connectivity index (χ2v) is 5.84. The SMILES string of the molecule is Cc1ccccc1CNC(=O)C1(n2cccn2)CCNCC1.Cl. The summed E-state index contributed by atoms with van der Waals surface area (Å²) < 4.78 is 1.82. The minimum Gasteiger partial charge on any atom is -0.350 e. The summed E-state index contributed by atoms with van der Waals surface area (Å²) in [5, 5.41) is 10.8. The first-order valence-electron chi connectivity index (χ1n) is 7.76. The fourth-order valence-electron chi connectivity index (χ4n) is 3.07. The van der Waals surface area contributed by atoms with Gasteiger partial charge in [-0.3, -0.25) is 9.48 Å². The molecule has 2 aromatic rings. The van der Waals surface area contributed by atoms with Gasteiger partial charge in [0, 0.05) is 18.9 Å². The molecule has 0 radical (unpaired) electrons. The van der Waals surface area contributed by atoms with Gasteiger partial charge in [0.2, 0.25) is 5.91 Å². The highest BCUT2D eigenvalue weighted by Crippen LogP contribution is 2.27. The minimum absolute atomic E-state index is 0. The molecule has 1 saturated heterocycles. The Bertz CT molecular complexity index is 636. The summed E-state index contributed by atoms with van der Waals surface area (Å²) in [5.74, 6) is 0.0564. The molecule has 0 bridgehead atoms. The third-order valence-electron chi connectivity index (χ3n) is 4.50. The van der Waals surface area contributed by atoms with Gasteiger partial charge in [0.25, 0.3) is 0 Å². The average molecular weight is 335 g/mol. The van der Waals surface area contributed by atoms with E-state index in [-0.39, 0.29) is 18.3 Å². The number of piperidine rings is 1. The van der Waals surface area contributed by atoms with Crippen molar-refractivity contribution in [3.05, 3.63) is 53.9 Å². The number of carbonyl (C=O) groups excluding carboxylic acids is 1. The van der Waals surface area contributed by atoms with Gasteiger partial charge in [0.15, 0.2) is 0 Å². The highest BCUT2D eigenvalue weighted by atomic mass is 35.5. The van der Waals surface area contributed by atoms with Gasteiger partial charge >= 0.3 is 0 Å². The molecule has 0 aliphatic carbocycles. The lowest BCUT2D eigenvalue weighted by molar-refractivity contribution is -0.132. The molecule has 5 nitrogen and oxygen atoms in total. The van der Waals surface area contributed by atoms with Crippen LogP contribution < -0.4 is 10.6 Å². The van der Waals surface area contributed by atoms with Crippen molar-refractivity contribution in [3.8, 4) is 0 Å². The second-order valence-electron chi connectivity index (χ2n) is 5.84.